The number of nitrogens with one attached hydrogen (secondary N) is 1. The fraction of sp³-hybridized carbons (Fsp3) is 0.625. The van der Waals surface area contributed by atoms with Crippen molar-refractivity contribution in [3.8, 4) is 0 Å². The van der Waals surface area contributed by atoms with Crippen LogP contribution in [0.25, 0.3) is 0 Å². The lowest BCUT2D eigenvalue weighted by atomic mass is 9.98. The zero-order chi connectivity index (χ0) is 13.8. The highest BCUT2D eigenvalue weighted by Crippen LogP contribution is 2.27. The molecule has 0 spiro atoms. The SMILES string of the molecule is CC1CNCC(COCC2OCCc3ccccc32)O1. The molecule has 3 unspecified atom stereocenters. The Morgan fingerprint density at radius 2 is 2.15 bits per heavy atom. The first-order valence-corrected chi connectivity index (χ1v) is 7.46. The summed E-state index contributed by atoms with van der Waals surface area (Å²) in [4.78, 5) is 0. The topological polar surface area (TPSA) is 39.7 Å². The Balaban J connectivity index is 1.49. The molecule has 1 aromatic rings. The van der Waals surface area contributed by atoms with Crippen molar-refractivity contribution in [2.24, 2.45) is 0 Å². The van der Waals surface area contributed by atoms with Gasteiger partial charge in [-0.2, -0.15) is 0 Å². The Morgan fingerprint density at radius 3 is 3.05 bits per heavy atom. The maximum absolute atomic E-state index is 5.83. The molecule has 3 atom stereocenters. The van der Waals surface area contributed by atoms with Crippen molar-refractivity contribution < 1.29 is 14.2 Å². The minimum atomic E-state index is 0.0638. The van der Waals surface area contributed by atoms with Gasteiger partial charge >= 0.3 is 0 Å². The van der Waals surface area contributed by atoms with Gasteiger partial charge in [-0.15, -0.1) is 0 Å². The molecule has 0 amide bonds. The number of hydrogen-bond acceptors (Lipinski definition) is 4. The summed E-state index contributed by atoms with van der Waals surface area (Å²) in [5.41, 5.74) is 2.66. The minimum Gasteiger partial charge on any atom is -0.376 e. The summed E-state index contributed by atoms with van der Waals surface area (Å²) >= 11 is 0. The monoisotopic (exact) mass is 277 g/mol. The second kappa shape index (κ2) is 6.68. The van der Waals surface area contributed by atoms with E-state index in [0.29, 0.717) is 13.2 Å². The lowest BCUT2D eigenvalue weighted by Gasteiger charge is -2.30. The van der Waals surface area contributed by atoms with Crippen LogP contribution in [0.3, 0.4) is 0 Å². The molecule has 3 rings (SSSR count). The molecular weight excluding hydrogens is 254 g/mol. The second-order valence-electron chi connectivity index (χ2n) is 5.57. The number of hydrogen-bond donors (Lipinski definition) is 1. The molecule has 2 aliphatic rings. The first-order valence-electron chi connectivity index (χ1n) is 7.46. The molecule has 4 nitrogen and oxygen atoms in total. The maximum atomic E-state index is 5.83. The third-order valence-corrected chi connectivity index (χ3v) is 3.89. The van der Waals surface area contributed by atoms with Crippen LogP contribution < -0.4 is 5.32 Å². The molecule has 20 heavy (non-hydrogen) atoms. The molecule has 1 N–H and O–H groups in total. The lowest BCUT2D eigenvalue weighted by molar-refractivity contribution is -0.0894. The van der Waals surface area contributed by atoms with Crippen LogP contribution in [0.1, 0.15) is 24.2 Å². The summed E-state index contributed by atoms with van der Waals surface area (Å²) in [5.74, 6) is 0. The highest BCUT2D eigenvalue weighted by atomic mass is 16.6. The van der Waals surface area contributed by atoms with Crippen molar-refractivity contribution in [1.29, 1.82) is 0 Å². The van der Waals surface area contributed by atoms with Crippen molar-refractivity contribution in [3.63, 3.8) is 0 Å². The Hall–Kier alpha value is -0.940. The fourth-order valence-corrected chi connectivity index (χ4v) is 2.89. The lowest BCUT2D eigenvalue weighted by Crippen LogP contribution is -2.45. The largest absolute Gasteiger partial charge is 0.376 e. The van der Waals surface area contributed by atoms with E-state index in [2.05, 4.69) is 36.5 Å². The molecule has 0 bridgehead atoms. The summed E-state index contributed by atoms with van der Waals surface area (Å²) in [6.07, 6.45) is 1.48. The Kier molecular flexibility index (Phi) is 4.68. The zero-order valence-corrected chi connectivity index (χ0v) is 12.0. The minimum absolute atomic E-state index is 0.0638. The molecule has 1 aromatic carbocycles. The predicted molar refractivity (Wildman–Crippen MR) is 76.9 cm³/mol. The number of benzene rings is 1. The maximum Gasteiger partial charge on any atom is 0.106 e. The highest BCUT2D eigenvalue weighted by Gasteiger charge is 2.22. The van der Waals surface area contributed by atoms with Crippen molar-refractivity contribution in [1.82, 2.24) is 5.32 Å². The van der Waals surface area contributed by atoms with E-state index in [0.717, 1.165) is 26.1 Å². The smallest absolute Gasteiger partial charge is 0.106 e. The van der Waals surface area contributed by atoms with Gasteiger partial charge in [0.25, 0.3) is 0 Å². The molecule has 4 heteroatoms. The predicted octanol–water partition coefficient (Wildman–Crippen LogP) is 1.69. The number of rotatable bonds is 4. The molecule has 1 fully saturated rings. The molecule has 1 saturated heterocycles. The normalized spacial score (nSPS) is 29.9. The van der Waals surface area contributed by atoms with Crippen LogP contribution in [0.15, 0.2) is 24.3 Å². The van der Waals surface area contributed by atoms with E-state index in [1.54, 1.807) is 0 Å². The van der Waals surface area contributed by atoms with Crippen LogP contribution in [0.2, 0.25) is 0 Å². The highest BCUT2D eigenvalue weighted by molar-refractivity contribution is 5.30. The number of fused-ring (bicyclic) bond motifs is 1. The molecule has 0 aliphatic carbocycles. The quantitative estimate of drug-likeness (QED) is 0.909. The van der Waals surface area contributed by atoms with E-state index in [4.69, 9.17) is 14.2 Å². The molecule has 110 valence electrons. The van der Waals surface area contributed by atoms with Gasteiger partial charge < -0.3 is 19.5 Å². The van der Waals surface area contributed by atoms with Gasteiger partial charge in [-0.25, -0.2) is 0 Å². The second-order valence-corrected chi connectivity index (χ2v) is 5.57. The molecule has 0 aromatic heterocycles. The van der Waals surface area contributed by atoms with Gasteiger partial charge in [-0.3, -0.25) is 0 Å². The summed E-state index contributed by atoms with van der Waals surface area (Å²) in [7, 11) is 0. The van der Waals surface area contributed by atoms with Crippen LogP contribution in [-0.4, -0.2) is 45.1 Å². The standard InChI is InChI=1S/C16H23NO3/c1-12-8-17-9-14(20-12)10-18-11-16-15-5-3-2-4-13(15)6-7-19-16/h2-5,12,14,16-17H,6-11H2,1H3. The fourth-order valence-electron chi connectivity index (χ4n) is 2.89. The van der Waals surface area contributed by atoms with Gasteiger partial charge in [0, 0.05) is 13.1 Å². The van der Waals surface area contributed by atoms with Crippen molar-refractivity contribution in [2.75, 3.05) is 32.9 Å². The summed E-state index contributed by atoms with van der Waals surface area (Å²) in [5, 5.41) is 3.35. The molecule has 2 aliphatic heterocycles. The van der Waals surface area contributed by atoms with Gasteiger partial charge in [-0.05, 0) is 24.5 Å². The molecule has 0 saturated carbocycles. The van der Waals surface area contributed by atoms with Crippen LogP contribution in [0.4, 0.5) is 0 Å². The Labute approximate surface area is 120 Å². The summed E-state index contributed by atoms with van der Waals surface area (Å²) in [6.45, 7) is 5.88. The van der Waals surface area contributed by atoms with Crippen molar-refractivity contribution in [3.05, 3.63) is 35.4 Å². The third kappa shape index (κ3) is 3.38. The van der Waals surface area contributed by atoms with Crippen LogP contribution in [-0.2, 0) is 20.6 Å². The summed E-state index contributed by atoms with van der Waals surface area (Å²) in [6, 6.07) is 8.48. The zero-order valence-electron chi connectivity index (χ0n) is 12.0. The average Bonchev–Trinajstić information content (AvgIpc) is 2.48. The van der Waals surface area contributed by atoms with E-state index in [1.165, 1.54) is 11.1 Å². The summed E-state index contributed by atoms with van der Waals surface area (Å²) < 4.78 is 17.5. The molecular formula is C16H23NO3. The Bertz CT molecular complexity index is 437. The first-order chi connectivity index (χ1) is 9.83. The van der Waals surface area contributed by atoms with Crippen LogP contribution in [0, 0.1) is 0 Å². The van der Waals surface area contributed by atoms with Gasteiger partial charge in [0.05, 0.1) is 32.0 Å². The molecule has 0 radical (unpaired) electrons. The number of ether oxygens (including phenoxy) is 3. The Morgan fingerprint density at radius 1 is 1.25 bits per heavy atom. The van der Waals surface area contributed by atoms with Crippen molar-refractivity contribution in [2.45, 2.75) is 31.7 Å². The average molecular weight is 277 g/mol. The van der Waals surface area contributed by atoms with Gasteiger partial charge in [0.15, 0.2) is 0 Å². The number of morpholine rings is 1. The van der Waals surface area contributed by atoms with E-state index in [-0.39, 0.29) is 18.3 Å². The third-order valence-electron chi connectivity index (χ3n) is 3.89. The van der Waals surface area contributed by atoms with Crippen LogP contribution in [0.5, 0.6) is 0 Å². The van der Waals surface area contributed by atoms with E-state index < -0.39 is 0 Å². The first kappa shape index (κ1) is 14.0. The van der Waals surface area contributed by atoms with Gasteiger partial charge in [0.1, 0.15) is 6.10 Å². The van der Waals surface area contributed by atoms with Crippen LogP contribution >= 0.6 is 0 Å². The van der Waals surface area contributed by atoms with Crippen molar-refractivity contribution >= 4 is 0 Å². The molecule has 2 heterocycles. The van der Waals surface area contributed by atoms with E-state index in [1.807, 2.05) is 0 Å². The van der Waals surface area contributed by atoms with E-state index in [9.17, 15) is 0 Å². The van der Waals surface area contributed by atoms with Gasteiger partial charge in [0.2, 0.25) is 0 Å². The van der Waals surface area contributed by atoms with E-state index >= 15 is 0 Å². The van der Waals surface area contributed by atoms with Gasteiger partial charge in [-0.1, -0.05) is 24.3 Å².